The number of para-hydroxylation sites is 1. The van der Waals surface area contributed by atoms with E-state index in [0.717, 1.165) is 45.4 Å². The molecule has 0 aromatic heterocycles. The van der Waals surface area contributed by atoms with Gasteiger partial charge in [0.2, 0.25) is 11.8 Å². The number of aryl methyl sites for hydroxylation is 1. The van der Waals surface area contributed by atoms with E-state index in [4.69, 9.17) is 0 Å². The number of likely N-dealkylation sites (tertiary alicyclic amines) is 1. The fourth-order valence-corrected chi connectivity index (χ4v) is 4.51. The quantitative estimate of drug-likeness (QED) is 0.767. The second-order valence-electron chi connectivity index (χ2n) is 8.29. The fraction of sp³-hybridized carbons (Fsp3) is 0.440. The molecule has 0 N–H and O–H groups in total. The molecule has 0 unspecified atom stereocenters. The minimum Gasteiger partial charge on any atom is -0.368 e. The van der Waals surface area contributed by atoms with Crippen molar-refractivity contribution in [3.05, 3.63) is 66.2 Å². The third kappa shape index (κ3) is 5.02. The number of benzene rings is 2. The largest absolute Gasteiger partial charge is 0.368 e. The summed E-state index contributed by atoms with van der Waals surface area (Å²) in [5.74, 6) is 0.548. The van der Waals surface area contributed by atoms with Gasteiger partial charge in [-0.15, -0.1) is 0 Å². The van der Waals surface area contributed by atoms with Gasteiger partial charge in [0.1, 0.15) is 0 Å². The lowest BCUT2D eigenvalue weighted by Gasteiger charge is -2.39. The molecule has 2 aromatic carbocycles. The summed E-state index contributed by atoms with van der Waals surface area (Å²) >= 11 is 0. The van der Waals surface area contributed by atoms with E-state index in [0.29, 0.717) is 19.5 Å². The highest BCUT2D eigenvalue weighted by atomic mass is 16.2. The molecule has 2 aliphatic heterocycles. The van der Waals surface area contributed by atoms with Gasteiger partial charge in [0.05, 0.1) is 0 Å². The van der Waals surface area contributed by atoms with Crippen LogP contribution in [0.5, 0.6) is 0 Å². The van der Waals surface area contributed by atoms with Crippen LogP contribution in [0.15, 0.2) is 60.7 Å². The van der Waals surface area contributed by atoms with Gasteiger partial charge >= 0.3 is 0 Å². The minimum absolute atomic E-state index is 0.0615. The number of rotatable bonds is 5. The predicted molar refractivity (Wildman–Crippen MR) is 119 cm³/mol. The van der Waals surface area contributed by atoms with Crippen LogP contribution in [0.25, 0.3) is 0 Å². The Morgan fingerprint density at radius 2 is 1.33 bits per heavy atom. The number of piperazine rings is 1. The van der Waals surface area contributed by atoms with Gasteiger partial charge < -0.3 is 14.7 Å². The fourth-order valence-electron chi connectivity index (χ4n) is 4.51. The number of piperidine rings is 1. The van der Waals surface area contributed by atoms with Crippen molar-refractivity contribution in [3.63, 3.8) is 0 Å². The first kappa shape index (κ1) is 20.5. The Kier molecular flexibility index (Phi) is 6.67. The standard InChI is InChI=1S/C25H31N3O2/c29-24(12-11-21-7-3-1-4-8-21)27-15-13-22(14-16-27)25(30)28-19-17-26(18-20-28)23-9-5-2-6-10-23/h1-10,22H,11-20H2. The van der Waals surface area contributed by atoms with Crippen molar-refractivity contribution in [2.24, 2.45) is 5.92 Å². The lowest BCUT2D eigenvalue weighted by Crippen LogP contribution is -2.52. The van der Waals surface area contributed by atoms with Crippen molar-refractivity contribution in [1.29, 1.82) is 0 Å². The molecule has 0 radical (unpaired) electrons. The molecule has 0 bridgehead atoms. The Bertz CT molecular complexity index is 824. The Balaban J connectivity index is 1.20. The minimum atomic E-state index is 0.0615. The highest BCUT2D eigenvalue weighted by Gasteiger charge is 2.31. The normalized spacial score (nSPS) is 17.8. The van der Waals surface area contributed by atoms with E-state index in [-0.39, 0.29) is 17.7 Å². The predicted octanol–water partition coefficient (Wildman–Crippen LogP) is 3.21. The summed E-state index contributed by atoms with van der Waals surface area (Å²) in [5.41, 5.74) is 2.43. The zero-order chi connectivity index (χ0) is 20.8. The molecule has 2 saturated heterocycles. The maximum absolute atomic E-state index is 13.0. The van der Waals surface area contributed by atoms with Gasteiger partial charge in [0.15, 0.2) is 0 Å². The summed E-state index contributed by atoms with van der Waals surface area (Å²) in [5, 5.41) is 0. The third-order valence-electron chi connectivity index (χ3n) is 6.38. The molecule has 2 aromatic rings. The highest BCUT2D eigenvalue weighted by molar-refractivity contribution is 5.80. The molecule has 30 heavy (non-hydrogen) atoms. The van der Waals surface area contributed by atoms with Crippen LogP contribution in [0.1, 0.15) is 24.8 Å². The topological polar surface area (TPSA) is 43.9 Å². The second kappa shape index (κ2) is 9.79. The van der Waals surface area contributed by atoms with Crippen molar-refractivity contribution in [1.82, 2.24) is 9.80 Å². The molecule has 2 aliphatic rings. The number of nitrogens with zero attached hydrogens (tertiary/aromatic N) is 3. The van der Waals surface area contributed by atoms with Crippen molar-refractivity contribution < 1.29 is 9.59 Å². The number of amides is 2. The van der Waals surface area contributed by atoms with E-state index in [1.807, 2.05) is 34.1 Å². The van der Waals surface area contributed by atoms with Gasteiger partial charge in [-0.2, -0.15) is 0 Å². The smallest absolute Gasteiger partial charge is 0.225 e. The van der Waals surface area contributed by atoms with E-state index >= 15 is 0 Å². The summed E-state index contributed by atoms with van der Waals surface area (Å²) in [4.78, 5) is 31.8. The van der Waals surface area contributed by atoms with Crippen LogP contribution in [0, 0.1) is 5.92 Å². The second-order valence-corrected chi connectivity index (χ2v) is 8.29. The molecule has 0 atom stereocenters. The van der Waals surface area contributed by atoms with E-state index in [9.17, 15) is 9.59 Å². The van der Waals surface area contributed by atoms with Crippen LogP contribution < -0.4 is 4.90 Å². The number of hydrogen-bond acceptors (Lipinski definition) is 3. The van der Waals surface area contributed by atoms with Gasteiger partial charge in [-0.25, -0.2) is 0 Å². The average molecular weight is 406 g/mol. The lowest BCUT2D eigenvalue weighted by atomic mass is 9.94. The van der Waals surface area contributed by atoms with Crippen LogP contribution in [0.2, 0.25) is 0 Å². The summed E-state index contributed by atoms with van der Waals surface area (Å²) in [6.07, 6.45) is 2.90. The van der Waals surface area contributed by atoms with Gasteiger partial charge in [-0.1, -0.05) is 48.5 Å². The molecule has 2 amide bonds. The van der Waals surface area contributed by atoms with Crippen molar-refractivity contribution in [3.8, 4) is 0 Å². The first-order chi connectivity index (χ1) is 14.7. The van der Waals surface area contributed by atoms with Gasteiger partial charge in [0.25, 0.3) is 0 Å². The SMILES string of the molecule is O=C(CCc1ccccc1)N1CCC(C(=O)N2CCN(c3ccccc3)CC2)CC1. The first-order valence-corrected chi connectivity index (χ1v) is 11.1. The molecule has 0 spiro atoms. The Hall–Kier alpha value is -2.82. The molecule has 4 rings (SSSR count). The van der Waals surface area contributed by atoms with Gasteiger partial charge in [0, 0.05) is 57.3 Å². The van der Waals surface area contributed by atoms with E-state index < -0.39 is 0 Å². The molecule has 5 nitrogen and oxygen atoms in total. The Morgan fingerprint density at radius 1 is 0.733 bits per heavy atom. The maximum Gasteiger partial charge on any atom is 0.225 e. The molecule has 2 fully saturated rings. The molecule has 0 saturated carbocycles. The van der Waals surface area contributed by atoms with Gasteiger partial charge in [-0.3, -0.25) is 9.59 Å². The van der Waals surface area contributed by atoms with Crippen LogP contribution in [0.4, 0.5) is 5.69 Å². The van der Waals surface area contributed by atoms with E-state index in [1.54, 1.807) is 0 Å². The number of carbonyl (C=O) groups is 2. The molecular weight excluding hydrogens is 374 g/mol. The van der Waals surface area contributed by atoms with Crippen LogP contribution in [0.3, 0.4) is 0 Å². The first-order valence-electron chi connectivity index (χ1n) is 11.1. The maximum atomic E-state index is 13.0. The zero-order valence-corrected chi connectivity index (χ0v) is 17.6. The molecule has 5 heteroatoms. The summed E-state index contributed by atoms with van der Waals surface area (Å²) in [6, 6.07) is 20.5. The van der Waals surface area contributed by atoms with Crippen LogP contribution in [-0.2, 0) is 16.0 Å². The third-order valence-corrected chi connectivity index (χ3v) is 6.38. The lowest BCUT2D eigenvalue weighted by molar-refractivity contribution is -0.141. The monoisotopic (exact) mass is 405 g/mol. The summed E-state index contributed by atoms with van der Waals surface area (Å²) < 4.78 is 0. The molecule has 2 heterocycles. The van der Waals surface area contributed by atoms with E-state index in [2.05, 4.69) is 41.3 Å². The zero-order valence-electron chi connectivity index (χ0n) is 17.6. The van der Waals surface area contributed by atoms with Crippen molar-refractivity contribution in [2.75, 3.05) is 44.2 Å². The number of carbonyl (C=O) groups excluding carboxylic acids is 2. The van der Waals surface area contributed by atoms with Crippen LogP contribution >= 0.6 is 0 Å². The summed E-state index contributed by atoms with van der Waals surface area (Å²) in [6.45, 7) is 4.73. The Morgan fingerprint density at radius 3 is 1.97 bits per heavy atom. The summed E-state index contributed by atoms with van der Waals surface area (Å²) in [7, 11) is 0. The van der Waals surface area contributed by atoms with Crippen molar-refractivity contribution in [2.45, 2.75) is 25.7 Å². The van der Waals surface area contributed by atoms with Crippen LogP contribution in [-0.4, -0.2) is 60.9 Å². The van der Waals surface area contributed by atoms with Crippen molar-refractivity contribution >= 4 is 17.5 Å². The molecule has 0 aliphatic carbocycles. The average Bonchev–Trinajstić information content (AvgIpc) is 2.83. The molecule has 158 valence electrons. The Labute approximate surface area is 179 Å². The number of anilines is 1. The van der Waals surface area contributed by atoms with Gasteiger partial charge in [-0.05, 0) is 37.0 Å². The number of hydrogen-bond donors (Lipinski definition) is 0. The van der Waals surface area contributed by atoms with E-state index in [1.165, 1.54) is 11.3 Å². The molecular formula is C25H31N3O2. The highest BCUT2D eigenvalue weighted by Crippen LogP contribution is 2.22.